The molecule has 1 fully saturated rings. The fourth-order valence-corrected chi connectivity index (χ4v) is 4.43. The lowest BCUT2D eigenvalue weighted by molar-refractivity contribution is -0.131. The molecule has 0 aliphatic carbocycles. The van der Waals surface area contributed by atoms with E-state index < -0.39 is 10.0 Å². The smallest absolute Gasteiger partial charge is 0.243 e. The second-order valence-corrected chi connectivity index (χ2v) is 9.78. The van der Waals surface area contributed by atoms with Gasteiger partial charge in [-0.2, -0.15) is 0 Å². The number of benzene rings is 2. The summed E-state index contributed by atoms with van der Waals surface area (Å²) in [6.07, 6.45) is 5.26. The summed E-state index contributed by atoms with van der Waals surface area (Å²) in [5.41, 5.74) is 1.87. The van der Waals surface area contributed by atoms with Crippen LogP contribution in [0.15, 0.2) is 60.7 Å². The van der Waals surface area contributed by atoms with E-state index in [-0.39, 0.29) is 18.2 Å². The number of nitrogens with zero attached hydrogens (tertiary/aromatic N) is 3. The van der Waals surface area contributed by atoms with Crippen molar-refractivity contribution in [3.05, 3.63) is 71.8 Å². The zero-order valence-electron chi connectivity index (χ0n) is 18.5. The minimum atomic E-state index is -3.69. The molecule has 1 aliphatic rings. The van der Waals surface area contributed by atoms with Gasteiger partial charge in [-0.05, 0) is 24.6 Å². The van der Waals surface area contributed by atoms with Gasteiger partial charge < -0.3 is 4.90 Å². The van der Waals surface area contributed by atoms with Crippen molar-refractivity contribution in [1.29, 1.82) is 0 Å². The lowest BCUT2D eigenvalue weighted by Gasteiger charge is -2.35. The second-order valence-electron chi connectivity index (χ2n) is 7.87. The summed E-state index contributed by atoms with van der Waals surface area (Å²) in [6, 6.07) is 16.4. The maximum absolute atomic E-state index is 12.9. The molecule has 0 unspecified atom stereocenters. The quantitative estimate of drug-likeness (QED) is 0.572. The van der Waals surface area contributed by atoms with E-state index in [1.807, 2.05) is 30.3 Å². The number of anilines is 1. The Balaban J connectivity index is 1.58. The Bertz CT molecular complexity index is 1080. The van der Waals surface area contributed by atoms with Crippen molar-refractivity contribution >= 4 is 33.5 Å². The molecule has 2 aromatic rings. The standard InChI is InChI=1S/C24H29N3O4S/c1-20(28)22-11-6-12-23(18-22)27(32(2,30)31)19-24(29)26-16-14-25(15-17-26)13-7-10-21-8-4-3-5-9-21/h3-12,18H,13-17,19H2,1-2H3/b10-7+. The molecule has 1 amide bonds. The van der Waals surface area contributed by atoms with Crippen molar-refractivity contribution in [2.24, 2.45) is 0 Å². The van der Waals surface area contributed by atoms with Gasteiger partial charge in [-0.25, -0.2) is 8.42 Å². The Morgan fingerprint density at radius 3 is 2.31 bits per heavy atom. The number of amides is 1. The van der Waals surface area contributed by atoms with Crippen molar-refractivity contribution in [3.63, 3.8) is 0 Å². The van der Waals surface area contributed by atoms with Crippen LogP contribution in [0.1, 0.15) is 22.8 Å². The molecule has 0 aromatic heterocycles. The number of Topliss-reactive ketones (excluding diaryl/α,β-unsaturated/α-hetero) is 1. The van der Waals surface area contributed by atoms with E-state index in [0.717, 1.165) is 35.8 Å². The summed E-state index contributed by atoms with van der Waals surface area (Å²) < 4.78 is 25.8. The van der Waals surface area contributed by atoms with Gasteiger partial charge in [0.2, 0.25) is 15.9 Å². The van der Waals surface area contributed by atoms with Crippen LogP contribution in [0.4, 0.5) is 5.69 Å². The molecule has 1 saturated heterocycles. The summed E-state index contributed by atoms with van der Waals surface area (Å²) in [5, 5.41) is 0. The van der Waals surface area contributed by atoms with Crippen LogP contribution in [0.25, 0.3) is 6.08 Å². The van der Waals surface area contributed by atoms with Crippen molar-refractivity contribution in [1.82, 2.24) is 9.80 Å². The molecular formula is C24H29N3O4S. The molecule has 0 radical (unpaired) electrons. The largest absolute Gasteiger partial charge is 0.339 e. The zero-order valence-corrected chi connectivity index (χ0v) is 19.3. The lowest BCUT2D eigenvalue weighted by Crippen LogP contribution is -2.51. The van der Waals surface area contributed by atoms with Gasteiger partial charge in [0.25, 0.3) is 0 Å². The highest BCUT2D eigenvalue weighted by Gasteiger charge is 2.26. The highest BCUT2D eigenvalue weighted by atomic mass is 32.2. The SMILES string of the molecule is CC(=O)c1cccc(N(CC(=O)N2CCN(C/C=C/c3ccccc3)CC2)S(C)(=O)=O)c1. The number of carbonyl (C=O) groups excluding carboxylic acids is 2. The van der Waals surface area contributed by atoms with Gasteiger partial charge >= 0.3 is 0 Å². The molecule has 32 heavy (non-hydrogen) atoms. The van der Waals surface area contributed by atoms with Gasteiger partial charge in [-0.15, -0.1) is 0 Å². The topological polar surface area (TPSA) is 78.0 Å². The summed E-state index contributed by atoms with van der Waals surface area (Å²) in [6.45, 7) is 4.47. The molecule has 8 heteroatoms. The van der Waals surface area contributed by atoms with E-state index in [0.29, 0.717) is 24.3 Å². The van der Waals surface area contributed by atoms with Crippen LogP contribution in [-0.2, 0) is 14.8 Å². The van der Waals surface area contributed by atoms with E-state index in [1.54, 1.807) is 23.1 Å². The van der Waals surface area contributed by atoms with Crippen LogP contribution in [0, 0.1) is 0 Å². The second kappa shape index (κ2) is 10.6. The number of piperazine rings is 1. The van der Waals surface area contributed by atoms with E-state index in [2.05, 4.69) is 17.1 Å². The molecule has 0 saturated carbocycles. The third-order valence-electron chi connectivity index (χ3n) is 5.42. The van der Waals surface area contributed by atoms with Gasteiger partial charge in [0.05, 0.1) is 11.9 Å². The van der Waals surface area contributed by atoms with Crippen LogP contribution < -0.4 is 4.31 Å². The van der Waals surface area contributed by atoms with Crippen LogP contribution in [0.3, 0.4) is 0 Å². The van der Waals surface area contributed by atoms with Gasteiger partial charge in [0.15, 0.2) is 5.78 Å². The Morgan fingerprint density at radius 2 is 1.69 bits per heavy atom. The number of rotatable bonds is 8. The zero-order chi connectivity index (χ0) is 23.1. The molecule has 0 atom stereocenters. The highest BCUT2D eigenvalue weighted by molar-refractivity contribution is 7.92. The minimum Gasteiger partial charge on any atom is -0.339 e. The molecule has 3 rings (SSSR count). The van der Waals surface area contributed by atoms with E-state index in [9.17, 15) is 18.0 Å². The fraction of sp³-hybridized carbons (Fsp3) is 0.333. The predicted octanol–water partition coefficient (Wildman–Crippen LogP) is 2.51. The summed E-state index contributed by atoms with van der Waals surface area (Å²) in [4.78, 5) is 28.5. The lowest BCUT2D eigenvalue weighted by atomic mass is 10.1. The normalized spacial score (nSPS) is 15.1. The molecule has 0 bridgehead atoms. The molecule has 7 nitrogen and oxygen atoms in total. The molecule has 2 aromatic carbocycles. The Hall–Kier alpha value is -2.97. The van der Waals surface area contributed by atoms with E-state index in [4.69, 9.17) is 0 Å². The first-order chi connectivity index (χ1) is 15.2. The van der Waals surface area contributed by atoms with Crippen LogP contribution >= 0.6 is 0 Å². The first kappa shape index (κ1) is 23.7. The van der Waals surface area contributed by atoms with Gasteiger partial charge in [0.1, 0.15) is 6.54 Å². The number of hydrogen-bond acceptors (Lipinski definition) is 5. The summed E-state index contributed by atoms with van der Waals surface area (Å²) in [7, 11) is -3.69. The van der Waals surface area contributed by atoms with Crippen molar-refractivity contribution in [2.75, 3.05) is 49.8 Å². The monoisotopic (exact) mass is 455 g/mol. The van der Waals surface area contributed by atoms with Gasteiger partial charge in [-0.3, -0.25) is 18.8 Å². The van der Waals surface area contributed by atoms with Gasteiger partial charge in [-0.1, -0.05) is 54.6 Å². The van der Waals surface area contributed by atoms with Crippen molar-refractivity contribution in [3.8, 4) is 0 Å². The summed E-state index contributed by atoms with van der Waals surface area (Å²) >= 11 is 0. The average Bonchev–Trinajstić information content (AvgIpc) is 2.78. The maximum atomic E-state index is 12.9. The molecule has 1 heterocycles. The average molecular weight is 456 g/mol. The Labute approximate surface area is 190 Å². The molecular weight excluding hydrogens is 426 g/mol. The van der Waals surface area contributed by atoms with Crippen molar-refractivity contribution in [2.45, 2.75) is 6.92 Å². The first-order valence-electron chi connectivity index (χ1n) is 10.5. The third-order valence-corrected chi connectivity index (χ3v) is 6.56. The molecule has 1 aliphatic heterocycles. The van der Waals surface area contributed by atoms with Crippen LogP contribution in [0.2, 0.25) is 0 Å². The molecule has 170 valence electrons. The first-order valence-corrected chi connectivity index (χ1v) is 12.4. The van der Waals surface area contributed by atoms with E-state index in [1.165, 1.54) is 13.0 Å². The summed E-state index contributed by atoms with van der Waals surface area (Å²) in [5.74, 6) is -0.410. The van der Waals surface area contributed by atoms with Crippen LogP contribution in [0.5, 0.6) is 0 Å². The predicted molar refractivity (Wildman–Crippen MR) is 127 cm³/mol. The maximum Gasteiger partial charge on any atom is 0.243 e. The third kappa shape index (κ3) is 6.51. The Kier molecular flexibility index (Phi) is 7.82. The number of carbonyl (C=O) groups is 2. The van der Waals surface area contributed by atoms with Crippen molar-refractivity contribution < 1.29 is 18.0 Å². The molecule has 0 N–H and O–H groups in total. The van der Waals surface area contributed by atoms with Crippen LogP contribution in [-0.4, -0.2) is 75.4 Å². The molecule has 0 spiro atoms. The minimum absolute atomic E-state index is 0.163. The number of sulfonamides is 1. The number of ketones is 1. The highest BCUT2D eigenvalue weighted by Crippen LogP contribution is 2.20. The Morgan fingerprint density at radius 1 is 1.00 bits per heavy atom. The van der Waals surface area contributed by atoms with E-state index >= 15 is 0 Å². The number of hydrogen-bond donors (Lipinski definition) is 0. The fourth-order valence-electron chi connectivity index (χ4n) is 3.58. The van der Waals surface area contributed by atoms with Gasteiger partial charge in [0, 0.05) is 38.3 Å².